The van der Waals surface area contributed by atoms with Gasteiger partial charge in [-0.05, 0) is 48.6 Å². The van der Waals surface area contributed by atoms with E-state index in [0.29, 0.717) is 6.42 Å². The minimum Gasteiger partial charge on any atom is -0.347 e. The van der Waals surface area contributed by atoms with Gasteiger partial charge in [-0.2, -0.15) is 0 Å². The summed E-state index contributed by atoms with van der Waals surface area (Å²) in [6, 6.07) is 9.65. The molecule has 1 aromatic carbocycles. The Morgan fingerprint density at radius 1 is 1.10 bits per heavy atom. The Morgan fingerprint density at radius 3 is 2.43 bits per heavy atom. The summed E-state index contributed by atoms with van der Waals surface area (Å²) in [6.45, 7) is 3.94. The van der Waals surface area contributed by atoms with Crippen molar-refractivity contribution in [2.75, 3.05) is 11.9 Å². The van der Waals surface area contributed by atoms with Crippen molar-refractivity contribution in [1.29, 1.82) is 0 Å². The Morgan fingerprint density at radius 2 is 1.81 bits per heavy atom. The molecule has 0 saturated heterocycles. The Bertz CT molecular complexity index is 615. The van der Waals surface area contributed by atoms with E-state index in [9.17, 15) is 9.59 Å². The predicted octanol–water partition coefficient (Wildman–Crippen LogP) is 2.66. The number of amides is 2. The number of rotatable bonds is 5. The molecular formula is C16H18N2O2S. The SMILES string of the molecule is Cc1cc(C)cc(NC(=O)CNC(=O)Cc2cccs2)c1. The molecule has 0 aliphatic carbocycles. The number of aryl methyl sites for hydroxylation is 2. The molecule has 0 fully saturated rings. The molecule has 4 nitrogen and oxygen atoms in total. The van der Waals surface area contributed by atoms with Gasteiger partial charge in [-0.15, -0.1) is 11.3 Å². The van der Waals surface area contributed by atoms with E-state index in [1.54, 1.807) is 0 Å². The topological polar surface area (TPSA) is 58.2 Å². The number of anilines is 1. The summed E-state index contributed by atoms with van der Waals surface area (Å²) in [5.41, 5.74) is 2.93. The zero-order valence-corrected chi connectivity index (χ0v) is 12.9. The summed E-state index contributed by atoms with van der Waals surface area (Å²) in [5, 5.41) is 7.34. The van der Waals surface area contributed by atoms with Crippen LogP contribution in [0.2, 0.25) is 0 Å². The summed E-state index contributed by atoms with van der Waals surface area (Å²) in [7, 11) is 0. The fraction of sp³-hybridized carbons (Fsp3) is 0.250. The van der Waals surface area contributed by atoms with Gasteiger partial charge < -0.3 is 10.6 Å². The number of nitrogens with one attached hydrogen (secondary N) is 2. The highest BCUT2D eigenvalue weighted by atomic mass is 32.1. The van der Waals surface area contributed by atoms with E-state index in [2.05, 4.69) is 10.6 Å². The molecular weight excluding hydrogens is 284 g/mol. The number of hydrogen-bond acceptors (Lipinski definition) is 3. The summed E-state index contributed by atoms with van der Waals surface area (Å²) in [4.78, 5) is 24.5. The first-order valence-corrected chi connectivity index (χ1v) is 7.58. The summed E-state index contributed by atoms with van der Waals surface area (Å²) in [6.07, 6.45) is 0.314. The molecule has 2 aromatic rings. The normalized spacial score (nSPS) is 10.2. The van der Waals surface area contributed by atoms with Crippen LogP contribution in [-0.4, -0.2) is 18.4 Å². The van der Waals surface area contributed by atoms with Crippen molar-refractivity contribution in [3.8, 4) is 0 Å². The lowest BCUT2D eigenvalue weighted by atomic mass is 10.1. The van der Waals surface area contributed by atoms with E-state index in [0.717, 1.165) is 21.7 Å². The molecule has 0 bridgehead atoms. The largest absolute Gasteiger partial charge is 0.347 e. The van der Waals surface area contributed by atoms with Gasteiger partial charge in [0, 0.05) is 10.6 Å². The van der Waals surface area contributed by atoms with Gasteiger partial charge in [0.1, 0.15) is 0 Å². The van der Waals surface area contributed by atoms with Crippen LogP contribution in [0.4, 0.5) is 5.69 Å². The highest BCUT2D eigenvalue weighted by Gasteiger charge is 2.07. The smallest absolute Gasteiger partial charge is 0.243 e. The van der Waals surface area contributed by atoms with Gasteiger partial charge >= 0.3 is 0 Å². The molecule has 0 unspecified atom stereocenters. The van der Waals surface area contributed by atoms with Gasteiger partial charge in [0.05, 0.1) is 13.0 Å². The molecule has 0 aliphatic rings. The van der Waals surface area contributed by atoms with Crippen molar-refractivity contribution < 1.29 is 9.59 Å². The van der Waals surface area contributed by atoms with Crippen LogP contribution < -0.4 is 10.6 Å². The van der Waals surface area contributed by atoms with Gasteiger partial charge in [-0.25, -0.2) is 0 Å². The molecule has 2 amide bonds. The zero-order chi connectivity index (χ0) is 15.2. The van der Waals surface area contributed by atoms with Crippen molar-refractivity contribution in [3.05, 3.63) is 51.7 Å². The first kappa shape index (κ1) is 15.3. The second-order valence-corrected chi connectivity index (χ2v) is 5.99. The maximum absolute atomic E-state index is 11.8. The van der Waals surface area contributed by atoms with Crippen LogP contribution in [0.25, 0.3) is 0 Å². The fourth-order valence-electron chi connectivity index (χ4n) is 2.06. The number of carbonyl (C=O) groups excluding carboxylic acids is 2. The molecule has 1 heterocycles. The van der Waals surface area contributed by atoms with Gasteiger partial charge in [0.15, 0.2) is 0 Å². The molecule has 0 spiro atoms. The van der Waals surface area contributed by atoms with E-state index in [4.69, 9.17) is 0 Å². The third-order valence-corrected chi connectivity index (χ3v) is 3.74. The molecule has 0 radical (unpaired) electrons. The lowest BCUT2D eigenvalue weighted by molar-refractivity contribution is -0.123. The maximum Gasteiger partial charge on any atom is 0.243 e. The van der Waals surface area contributed by atoms with Crippen LogP contribution in [0.3, 0.4) is 0 Å². The van der Waals surface area contributed by atoms with Crippen molar-refractivity contribution in [2.24, 2.45) is 0 Å². The minimum atomic E-state index is -0.223. The third-order valence-electron chi connectivity index (χ3n) is 2.87. The van der Waals surface area contributed by atoms with E-state index in [1.807, 2.05) is 49.6 Å². The second kappa shape index (κ2) is 7.04. The van der Waals surface area contributed by atoms with Gasteiger partial charge in [-0.3, -0.25) is 9.59 Å². The Kier molecular flexibility index (Phi) is 5.11. The van der Waals surface area contributed by atoms with E-state index >= 15 is 0 Å². The van der Waals surface area contributed by atoms with Crippen LogP contribution in [0.1, 0.15) is 16.0 Å². The van der Waals surface area contributed by atoms with Crippen LogP contribution in [0, 0.1) is 13.8 Å². The molecule has 0 atom stereocenters. The Labute approximate surface area is 128 Å². The third kappa shape index (κ3) is 5.04. The van der Waals surface area contributed by atoms with E-state index in [1.165, 1.54) is 11.3 Å². The fourth-order valence-corrected chi connectivity index (χ4v) is 2.77. The van der Waals surface area contributed by atoms with Crippen molar-refractivity contribution >= 4 is 28.8 Å². The van der Waals surface area contributed by atoms with Crippen LogP contribution >= 0.6 is 11.3 Å². The highest BCUT2D eigenvalue weighted by molar-refractivity contribution is 7.10. The van der Waals surface area contributed by atoms with Crippen molar-refractivity contribution in [3.63, 3.8) is 0 Å². The first-order chi connectivity index (χ1) is 10.0. The van der Waals surface area contributed by atoms with Gasteiger partial charge in [0.25, 0.3) is 0 Å². The number of carbonyl (C=O) groups is 2. The monoisotopic (exact) mass is 302 g/mol. The maximum atomic E-state index is 11.8. The summed E-state index contributed by atoms with van der Waals surface area (Å²) < 4.78 is 0. The first-order valence-electron chi connectivity index (χ1n) is 6.70. The van der Waals surface area contributed by atoms with Gasteiger partial charge in [-0.1, -0.05) is 12.1 Å². The Hall–Kier alpha value is -2.14. The number of thiophene rings is 1. The van der Waals surface area contributed by atoms with Crippen molar-refractivity contribution in [2.45, 2.75) is 20.3 Å². The molecule has 21 heavy (non-hydrogen) atoms. The average Bonchev–Trinajstić information content (AvgIpc) is 2.88. The lowest BCUT2D eigenvalue weighted by Crippen LogP contribution is -2.33. The standard InChI is InChI=1S/C16H18N2O2S/c1-11-6-12(2)8-13(7-11)18-16(20)10-17-15(19)9-14-4-3-5-21-14/h3-8H,9-10H2,1-2H3,(H,17,19)(H,18,20). The number of benzene rings is 1. The molecule has 5 heteroatoms. The Balaban J connectivity index is 1.80. The molecule has 0 aliphatic heterocycles. The second-order valence-electron chi connectivity index (χ2n) is 4.96. The molecule has 1 aromatic heterocycles. The van der Waals surface area contributed by atoms with E-state index in [-0.39, 0.29) is 18.4 Å². The van der Waals surface area contributed by atoms with Crippen LogP contribution in [0.5, 0.6) is 0 Å². The zero-order valence-electron chi connectivity index (χ0n) is 12.1. The molecule has 110 valence electrons. The summed E-state index contributed by atoms with van der Waals surface area (Å²) >= 11 is 1.53. The quantitative estimate of drug-likeness (QED) is 0.892. The minimum absolute atomic E-state index is 0.0167. The van der Waals surface area contributed by atoms with Gasteiger partial charge in [0.2, 0.25) is 11.8 Å². The van der Waals surface area contributed by atoms with Crippen LogP contribution in [-0.2, 0) is 16.0 Å². The predicted molar refractivity (Wildman–Crippen MR) is 85.6 cm³/mol. The van der Waals surface area contributed by atoms with Crippen molar-refractivity contribution in [1.82, 2.24) is 5.32 Å². The lowest BCUT2D eigenvalue weighted by Gasteiger charge is -2.08. The van der Waals surface area contributed by atoms with E-state index < -0.39 is 0 Å². The highest BCUT2D eigenvalue weighted by Crippen LogP contribution is 2.13. The molecule has 2 N–H and O–H groups in total. The number of hydrogen-bond donors (Lipinski definition) is 2. The average molecular weight is 302 g/mol. The van der Waals surface area contributed by atoms with Crippen LogP contribution in [0.15, 0.2) is 35.7 Å². The molecule has 0 saturated carbocycles. The molecule has 2 rings (SSSR count). The summed E-state index contributed by atoms with van der Waals surface area (Å²) in [5.74, 6) is -0.368.